The molecule has 0 radical (unpaired) electrons. The number of carbonyl (C=O) groups excluding carboxylic acids is 2. The van der Waals surface area contributed by atoms with Crippen molar-refractivity contribution in [3.63, 3.8) is 0 Å². The van der Waals surface area contributed by atoms with Gasteiger partial charge < -0.3 is 14.8 Å². The van der Waals surface area contributed by atoms with Crippen LogP contribution < -0.4 is 10.9 Å². The van der Waals surface area contributed by atoms with Crippen LogP contribution in [0.25, 0.3) is 0 Å². The first kappa shape index (κ1) is 25.7. The topological polar surface area (TPSA) is 97.2 Å². The van der Waals surface area contributed by atoms with Crippen molar-refractivity contribution < 1.29 is 18.4 Å². The predicted octanol–water partition coefficient (Wildman–Crippen LogP) is 3.06. The predicted molar refractivity (Wildman–Crippen MR) is 135 cm³/mol. The zero-order valence-electron chi connectivity index (χ0n) is 21.0. The number of nitrogens with zero attached hydrogens (tertiary/aromatic N) is 4. The molecule has 8 nitrogen and oxygen atoms in total. The molecule has 10 heteroatoms. The monoisotopic (exact) mass is 521 g/mol. The van der Waals surface area contributed by atoms with Gasteiger partial charge in [-0.2, -0.15) is 4.39 Å². The minimum absolute atomic E-state index is 0.149. The van der Waals surface area contributed by atoms with Crippen molar-refractivity contribution in [3.8, 4) is 0 Å². The Morgan fingerprint density at radius 1 is 1.16 bits per heavy atom. The maximum absolute atomic E-state index is 14.8. The fourth-order valence-corrected chi connectivity index (χ4v) is 4.92. The molecule has 2 amide bonds. The van der Waals surface area contributed by atoms with Gasteiger partial charge in [-0.05, 0) is 37.3 Å². The highest BCUT2D eigenvalue weighted by molar-refractivity contribution is 5.89. The summed E-state index contributed by atoms with van der Waals surface area (Å²) in [6, 6.07) is 10.6. The largest absolute Gasteiger partial charge is 0.342 e. The molecule has 1 saturated carbocycles. The van der Waals surface area contributed by atoms with E-state index in [-0.39, 0.29) is 30.9 Å². The molecule has 38 heavy (non-hydrogen) atoms. The third-order valence-electron chi connectivity index (χ3n) is 7.11. The summed E-state index contributed by atoms with van der Waals surface area (Å²) in [5.41, 5.74) is 1.65. The number of rotatable bonds is 8. The van der Waals surface area contributed by atoms with E-state index in [1.54, 1.807) is 43.3 Å². The summed E-state index contributed by atoms with van der Waals surface area (Å²) in [6.45, 7) is 2.00. The fraction of sp³-hybridized carbons (Fsp3) is 0.393. The van der Waals surface area contributed by atoms with Crippen LogP contribution in [0.15, 0.2) is 59.7 Å². The normalized spacial score (nSPS) is 19.8. The third-order valence-corrected chi connectivity index (χ3v) is 7.11. The molecule has 2 aromatic heterocycles. The molecule has 198 valence electrons. The zero-order valence-corrected chi connectivity index (χ0v) is 21.0. The lowest BCUT2D eigenvalue weighted by molar-refractivity contribution is -0.138. The Morgan fingerprint density at radius 2 is 1.92 bits per heavy atom. The smallest absolute Gasteiger partial charge is 0.268 e. The van der Waals surface area contributed by atoms with Crippen molar-refractivity contribution in [2.45, 2.75) is 63.3 Å². The van der Waals surface area contributed by atoms with Crippen LogP contribution in [-0.2, 0) is 22.6 Å². The van der Waals surface area contributed by atoms with Crippen LogP contribution in [-0.4, -0.2) is 50.0 Å². The lowest BCUT2D eigenvalue weighted by Crippen LogP contribution is -2.47. The van der Waals surface area contributed by atoms with Gasteiger partial charge >= 0.3 is 0 Å². The molecule has 0 bridgehead atoms. The number of aryl methyl sites for hydroxylation is 1. The maximum atomic E-state index is 14.8. The summed E-state index contributed by atoms with van der Waals surface area (Å²) in [4.78, 5) is 47.8. The van der Waals surface area contributed by atoms with E-state index in [1.165, 1.54) is 15.7 Å². The lowest BCUT2D eigenvalue weighted by Gasteiger charge is -2.26. The van der Waals surface area contributed by atoms with Crippen LogP contribution >= 0.6 is 0 Å². The van der Waals surface area contributed by atoms with Gasteiger partial charge in [0.1, 0.15) is 12.2 Å². The van der Waals surface area contributed by atoms with E-state index < -0.39 is 36.0 Å². The zero-order chi connectivity index (χ0) is 26.8. The number of halogens is 2. The van der Waals surface area contributed by atoms with Crippen LogP contribution in [0.3, 0.4) is 0 Å². The van der Waals surface area contributed by atoms with Gasteiger partial charge in [-0.1, -0.05) is 36.4 Å². The number of hydrogen-bond acceptors (Lipinski definition) is 5. The molecule has 1 saturated heterocycles. The van der Waals surface area contributed by atoms with Gasteiger partial charge in [0.25, 0.3) is 5.56 Å². The second kappa shape index (κ2) is 10.8. The molecular weight excluding hydrogens is 492 g/mol. The molecule has 1 aliphatic heterocycles. The van der Waals surface area contributed by atoms with Gasteiger partial charge in [0, 0.05) is 24.7 Å². The first-order valence-corrected chi connectivity index (χ1v) is 12.8. The van der Waals surface area contributed by atoms with Gasteiger partial charge in [0.05, 0.1) is 36.6 Å². The minimum atomic E-state index is -1.36. The Kier molecular flexibility index (Phi) is 7.31. The number of likely N-dealkylation sites (tertiary alicyclic amines) is 1. The fourth-order valence-electron chi connectivity index (χ4n) is 4.92. The third kappa shape index (κ3) is 5.49. The standard InChI is InChI=1S/C28H29F2N5O3/c1-2-34-16-20(31-14-25(34)37)13-24(36)35-15-19(29)12-23(35)28(38)33-26(18-6-4-3-5-7-18)22-11-10-21(17-8-9-17)27(30)32-22/h3-7,10-11,14,16-17,19,23,26H,2,8-9,12-13,15H2,1H3,(H,33,38)/t19-,23+,26+/m1/s1. The van der Waals surface area contributed by atoms with Crippen molar-refractivity contribution in [2.75, 3.05) is 6.54 Å². The SMILES string of the molecule is CCn1cc(CC(=O)N2C[C@H](F)C[C@H]2C(=O)N[C@@H](c2ccccc2)c2ccc(C3CC3)c(F)n2)ncc1=O. The second-order valence-corrected chi connectivity index (χ2v) is 9.82. The Hall–Kier alpha value is -3.95. The molecular formula is C28H29F2N5O3. The highest BCUT2D eigenvalue weighted by Gasteiger charge is 2.40. The van der Waals surface area contributed by atoms with Gasteiger partial charge in [0.2, 0.25) is 17.8 Å². The molecule has 3 atom stereocenters. The first-order valence-electron chi connectivity index (χ1n) is 12.8. The van der Waals surface area contributed by atoms with Gasteiger partial charge in [0.15, 0.2) is 0 Å². The summed E-state index contributed by atoms with van der Waals surface area (Å²) < 4.78 is 30.8. The molecule has 0 unspecified atom stereocenters. The van der Waals surface area contributed by atoms with Gasteiger partial charge in [-0.25, -0.2) is 9.37 Å². The van der Waals surface area contributed by atoms with Crippen LogP contribution in [0.1, 0.15) is 60.7 Å². The van der Waals surface area contributed by atoms with Gasteiger partial charge in [-0.15, -0.1) is 0 Å². The Balaban J connectivity index is 1.37. The number of aromatic nitrogens is 3. The average molecular weight is 522 g/mol. The number of benzene rings is 1. The van der Waals surface area contributed by atoms with Crippen LogP contribution in [0.2, 0.25) is 0 Å². The van der Waals surface area contributed by atoms with E-state index in [0.717, 1.165) is 19.0 Å². The molecule has 5 rings (SSSR count). The quantitative estimate of drug-likeness (QED) is 0.460. The van der Waals surface area contributed by atoms with Crippen molar-refractivity contribution in [1.82, 2.24) is 24.8 Å². The Bertz CT molecular complexity index is 1390. The van der Waals surface area contributed by atoms with Crippen LogP contribution in [0.4, 0.5) is 8.78 Å². The molecule has 3 heterocycles. The molecule has 2 fully saturated rings. The van der Waals surface area contributed by atoms with E-state index in [0.29, 0.717) is 29.1 Å². The summed E-state index contributed by atoms with van der Waals surface area (Å²) in [5.74, 6) is -1.38. The minimum Gasteiger partial charge on any atom is -0.342 e. The molecule has 1 aromatic carbocycles. The molecule has 0 spiro atoms. The molecule has 1 aliphatic carbocycles. The van der Waals surface area contributed by atoms with E-state index in [9.17, 15) is 23.2 Å². The van der Waals surface area contributed by atoms with Gasteiger partial charge in [-0.3, -0.25) is 19.4 Å². The maximum Gasteiger partial charge on any atom is 0.268 e. The number of pyridine rings is 1. The van der Waals surface area contributed by atoms with E-state index in [4.69, 9.17) is 0 Å². The van der Waals surface area contributed by atoms with E-state index in [2.05, 4.69) is 15.3 Å². The summed E-state index contributed by atoms with van der Waals surface area (Å²) in [5, 5.41) is 2.89. The number of carbonyl (C=O) groups is 2. The highest BCUT2D eigenvalue weighted by Crippen LogP contribution is 2.41. The molecule has 2 aliphatic rings. The number of amides is 2. The summed E-state index contributed by atoms with van der Waals surface area (Å²) in [6.07, 6.45) is 2.82. The van der Waals surface area contributed by atoms with Crippen molar-refractivity contribution in [3.05, 3.63) is 93.7 Å². The molecule has 3 aromatic rings. The highest BCUT2D eigenvalue weighted by atomic mass is 19.1. The van der Waals surface area contributed by atoms with E-state index in [1.807, 2.05) is 6.07 Å². The van der Waals surface area contributed by atoms with Crippen molar-refractivity contribution in [2.24, 2.45) is 0 Å². The molecule has 1 N–H and O–H groups in total. The Morgan fingerprint density at radius 3 is 2.61 bits per heavy atom. The first-order chi connectivity index (χ1) is 18.3. The number of alkyl halides is 1. The lowest BCUT2D eigenvalue weighted by atomic mass is 10.0. The van der Waals surface area contributed by atoms with Crippen LogP contribution in [0.5, 0.6) is 0 Å². The van der Waals surface area contributed by atoms with Crippen molar-refractivity contribution >= 4 is 11.8 Å². The Labute approximate surface area is 218 Å². The number of hydrogen-bond donors (Lipinski definition) is 1. The van der Waals surface area contributed by atoms with Crippen LogP contribution in [0, 0.1) is 5.95 Å². The van der Waals surface area contributed by atoms with E-state index >= 15 is 0 Å². The summed E-state index contributed by atoms with van der Waals surface area (Å²) in [7, 11) is 0. The summed E-state index contributed by atoms with van der Waals surface area (Å²) >= 11 is 0. The second-order valence-electron chi connectivity index (χ2n) is 9.82. The van der Waals surface area contributed by atoms with Crippen molar-refractivity contribution in [1.29, 1.82) is 0 Å². The average Bonchev–Trinajstić information content (AvgIpc) is 3.68. The number of nitrogens with one attached hydrogen (secondary N) is 1.